The number of hydrogen-bond acceptors (Lipinski definition) is 2. The lowest BCUT2D eigenvalue weighted by Gasteiger charge is -2.05. The van der Waals surface area contributed by atoms with Crippen molar-refractivity contribution in [1.29, 1.82) is 0 Å². The van der Waals surface area contributed by atoms with E-state index in [2.05, 4.69) is 17.2 Å². The molecule has 0 radical (unpaired) electrons. The molecule has 3 nitrogen and oxygen atoms in total. The average molecular weight is 347 g/mol. The van der Waals surface area contributed by atoms with E-state index in [0.717, 1.165) is 13.0 Å². The van der Waals surface area contributed by atoms with Crippen LogP contribution in [0.15, 0.2) is 24.5 Å². The van der Waals surface area contributed by atoms with Crippen LogP contribution in [0.4, 0.5) is 0 Å². The molecule has 25 heavy (non-hydrogen) atoms. The van der Waals surface area contributed by atoms with E-state index in [0.29, 0.717) is 5.56 Å². The summed E-state index contributed by atoms with van der Waals surface area (Å²) in [6.07, 6.45) is 22.3. The van der Waals surface area contributed by atoms with E-state index in [1.807, 2.05) is 0 Å². The molecule has 0 bridgehead atoms. The van der Waals surface area contributed by atoms with Gasteiger partial charge < -0.3 is 5.32 Å². The number of nitrogens with one attached hydrogen (secondary N) is 1. The molecule has 3 heteroatoms. The Morgan fingerprint density at radius 2 is 1.20 bits per heavy atom. The van der Waals surface area contributed by atoms with Gasteiger partial charge in [-0.3, -0.25) is 9.78 Å². The van der Waals surface area contributed by atoms with Gasteiger partial charge in [0.15, 0.2) is 0 Å². The molecule has 1 amide bonds. The van der Waals surface area contributed by atoms with Gasteiger partial charge in [0.1, 0.15) is 0 Å². The molecule has 0 aliphatic rings. The number of pyridine rings is 1. The van der Waals surface area contributed by atoms with Crippen molar-refractivity contribution < 1.29 is 4.79 Å². The fraction of sp³-hybridized carbons (Fsp3) is 0.727. The van der Waals surface area contributed by atoms with E-state index in [4.69, 9.17) is 0 Å². The Morgan fingerprint density at radius 1 is 0.760 bits per heavy atom. The number of nitrogens with zero attached hydrogens (tertiary/aromatic N) is 1. The van der Waals surface area contributed by atoms with Crippen LogP contribution in [0.25, 0.3) is 0 Å². The summed E-state index contributed by atoms with van der Waals surface area (Å²) in [5, 5.41) is 2.98. The molecule has 0 atom stereocenters. The maximum absolute atomic E-state index is 11.8. The van der Waals surface area contributed by atoms with Crippen molar-refractivity contribution in [3.05, 3.63) is 30.1 Å². The molecule has 142 valence electrons. The second-order valence-electron chi connectivity index (χ2n) is 7.09. The topological polar surface area (TPSA) is 42.0 Å². The van der Waals surface area contributed by atoms with Crippen molar-refractivity contribution in [1.82, 2.24) is 10.3 Å². The van der Waals surface area contributed by atoms with Crippen molar-refractivity contribution in [3.63, 3.8) is 0 Å². The zero-order valence-electron chi connectivity index (χ0n) is 16.3. The Kier molecular flexibility index (Phi) is 14.0. The van der Waals surface area contributed by atoms with E-state index < -0.39 is 0 Å². The Bertz CT molecular complexity index is 419. The summed E-state index contributed by atoms with van der Waals surface area (Å²) in [6.45, 7) is 3.05. The Hall–Kier alpha value is -1.38. The van der Waals surface area contributed by atoms with Crippen LogP contribution >= 0.6 is 0 Å². The van der Waals surface area contributed by atoms with Gasteiger partial charge in [-0.05, 0) is 18.6 Å². The van der Waals surface area contributed by atoms with Crippen LogP contribution in [0.5, 0.6) is 0 Å². The molecule has 1 rings (SSSR count). The normalized spacial score (nSPS) is 10.8. The highest BCUT2D eigenvalue weighted by atomic mass is 16.1. The lowest BCUT2D eigenvalue weighted by Crippen LogP contribution is -2.24. The minimum atomic E-state index is 0.0112. The summed E-state index contributed by atoms with van der Waals surface area (Å²) in [5.74, 6) is 0.0112. The first-order valence-electron chi connectivity index (χ1n) is 10.5. The fourth-order valence-electron chi connectivity index (χ4n) is 3.13. The van der Waals surface area contributed by atoms with E-state index in [1.54, 1.807) is 24.5 Å². The molecule has 1 N–H and O–H groups in total. The van der Waals surface area contributed by atoms with Crippen LogP contribution in [0, 0.1) is 0 Å². The van der Waals surface area contributed by atoms with E-state index in [9.17, 15) is 4.79 Å². The molecular formula is C22H38N2O. The van der Waals surface area contributed by atoms with Crippen molar-refractivity contribution in [3.8, 4) is 0 Å². The third kappa shape index (κ3) is 12.6. The van der Waals surface area contributed by atoms with Crippen LogP contribution in [0.1, 0.15) is 107 Å². The van der Waals surface area contributed by atoms with Crippen molar-refractivity contribution >= 4 is 5.91 Å². The highest BCUT2D eigenvalue weighted by Crippen LogP contribution is 2.12. The first kappa shape index (κ1) is 21.7. The molecule has 0 aromatic carbocycles. The molecule has 1 heterocycles. The monoisotopic (exact) mass is 346 g/mol. The van der Waals surface area contributed by atoms with Gasteiger partial charge in [0.2, 0.25) is 0 Å². The van der Waals surface area contributed by atoms with Gasteiger partial charge in [0.05, 0.1) is 0 Å². The summed E-state index contributed by atoms with van der Waals surface area (Å²) >= 11 is 0. The van der Waals surface area contributed by atoms with E-state index in [-0.39, 0.29) is 5.91 Å². The number of aromatic nitrogens is 1. The van der Waals surface area contributed by atoms with Gasteiger partial charge in [-0.15, -0.1) is 0 Å². The molecule has 0 saturated carbocycles. The van der Waals surface area contributed by atoms with Crippen LogP contribution in [-0.2, 0) is 0 Å². The zero-order valence-corrected chi connectivity index (χ0v) is 16.3. The fourth-order valence-corrected chi connectivity index (χ4v) is 3.13. The summed E-state index contributed by atoms with van der Waals surface area (Å²) in [6, 6.07) is 3.50. The third-order valence-electron chi connectivity index (χ3n) is 4.76. The molecule has 1 aromatic heterocycles. The lowest BCUT2D eigenvalue weighted by molar-refractivity contribution is 0.0953. The van der Waals surface area contributed by atoms with Crippen molar-refractivity contribution in [2.75, 3.05) is 6.54 Å². The van der Waals surface area contributed by atoms with Gasteiger partial charge in [-0.1, -0.05) is 90.4 Å². The van der Waals surface area contributed by atoms with Gasteiger partial charge in [0.25, 0.3) is 5.91 Å². The van der Waals surface area contributed by atoms with Crippen molar-refractivity contribution in [2.24, 2.45) is 0 Å². The molecule has 0 spiro atoms. The molecule has 0 aliphatic heterocycles. The number of rotatable bonds is 16. The van der Waals surface area contributed by atoms with Crippen LogP contribution in [0.2, 0.25) is 0 Å². The Labute approximate surface area is 155 Å². The first-order chi connectivity index (χ1) is 12.3. The third-order valence-corrected chi connectivity index (χ3v) is 4.76. The van der Waals surface area contributed by atoms with Gasteiger partial charge in [0, 0.05) is 24.5 Å². The predicted octanol–water partition coefficient (Wildman–Crippen LogP) is 6.29. The predicted molar refractivity (Wildman–Crippen MR) is 107 cm³/mol. The quantitative estimate of drug-likeness (QED) is 0.357. The number of amides is 1. The summed E-state index contributed by atoms with van der Waals surface area (Å²) < 4.78 is 0. The Balaban J connectivity index is 1.78. The number of carbonyl (C=O) groups is 1. The van der Waals surface area contributed by atoms with Gasteiger partial charge >= 0.3 is 0 Å². The maximum atomic E-state index is 11.8. The number of unbranched alkanes of at least 4 members (excludes halogenated alkanes) is 13. The van der Waals surface area contributed by atoms with Crippen molar-refractivity contribution in [2.45, 2.75) is 96.8 Å². The van der Waals surface area contributed by atoms with Gasteiger partial charge in [-0.2, -0.15) is 0 Å². The molecule has 0 fully saturated rings. The summed E-state index contributed by atoms with van der Waals surface area (Å²) in [5.41, 5.74) is 0.695. The van der Waals surface area contributed by atoms with Crippen LogP contribution in [-0.4, -0.2) is 17.4 Å². The van der Waals surface area contributed by atoms with Crippen LogP contribution in [0.3, 0.4) is 0 Å². The largest absolute Gasteiger partial charge is 0.352 e. The van der Waals surface area contributed by atoms with Gasteiger partial charge in [-0.25, -0.2) is 0 Å². The summed E-state index contributed by atoms with van der Waals surface area (Å²) in [4.78, 5) is 15.8. The van der Waals surface area contributed by atoms with Crippen LogP contribution < -0.4 is 5.32 Å². The second kappa shape index (κ2) is 16.1. The Morgan fingerprint density at radius 3 is 1.68 bits per heavy atom. The molecule has 1 aromatic rings. The van der Waals surface area contributed by atoms with E-state index in [1.165, 1.54) is 83.5 Å². The first-order valence-corrected chi connectivity index (χ1v) is 10.5. The average Bonchev–Trinajstić information content (AvgIpc) is 2.65. The minimum Gasteiger partial charge on any atom is -0.352 e. The highest BCUT2D eigenvalue weighted by molar-refractivity contribution is 5.93. The number of hydrogen-bond donors (Lipinski definition) is 1. The SMILES string of the molecule is CCCCCCCCCCCCCCCCNC(=O)c1ccncc1. The number of carbonyl (C=O) groups excluding carboxylic acids is 1. The molecule has 0 saturated heterocycles. The molecule has 0 aliphatic carbocycles. The minimum absolute atomic E-state index is 0.0112. The highest BCUT2D eigenvalue weighted by Gasteiger charge is 2.02. The standard InChI is InChI=1S/C22H38N2O/c1-2-3-4-5-6-7-8-9-10-11-12-13-14-15-18-24-22(25)21-16-19-23-20-17-21/h16-17,19-20H,2-15,18H2,1H3,(H,24,25). The maximum Gasteiger partial charge on any atom is 0.251 e. The zero-order chi connectivity index (χ0) is 18.0. The second-order valence-corrected chi connectivity index (χ2v) is 7.09. The summed E-state index contributed by atoms with van der Waals surface area (Å²) in [7, 11) is 0. The lowest BCUT2D eigenvalue weighted by atomic mass is 10.0. The smallest absolute Gasteiger partial charge is 0.251 e. The molecular weight excluding hydrogens is 308 g/mol. The van der Waals surface area contributed by atoms with E-state index >= 15 is 0 Å². The molecule has 0 unspecified atom stereocenters.